The molecule has 1 saturated heterocycles. The van der Waals surface area contributed by atoms with Crippen molar-refractivity contribution in [3.63, 3.8) is 0 Å². The molecule has 0 radical (unpaired) electrons. The number of nitrogens with zero attached hydrogens (tertiary/aromatic N) is 3. The third-order valence-electron chi connectivity index (χ3n) is 4.96. The van der Waals surface area contributed by atoms with Crippen LogP contribution in [0.3, 0.4) is 0 Å². The lowest BCUT2D eigenvalue weighted by Gasteiger charge is -2.31. The van der Waals surface area contributed by atoms with Crippen LogP contribution >= 0.6 is 11.3 Å². The summed E-state index contributed by atoms with van der Waals surface area (Å²) in [5, 5.41) is 11.6. The maximum atomic E-state index is 12.5. The van der Waals surface area contributed by atoms with Gasteiger partial charge in [0, 0.05) is 31.5 Å². The number of sulfonamides is 1. The first kappa shape index (κ1) is 23.3. The van der Waals surface area contributed by atoms with E-state index in [1.807, 2.05) is 27.7 Å². The largest absolute Gasteiger partial charge is 0.337 e. The van der Waals surface area contributed by atoms with Crippen molar-refractivity contribution in [1.82, 2.24) is 19.8 Å². The normalized spacial score (nSPS) is 17.2. The van der Waals surface area contributed by atoms with E-state index in [0.29, 0.717) is 23.1 Å². The van der Waals surface area contributed by atoms with Gasteiger partial charge in [0.2, 0.25) is 27.0 Å². The minimum atomic E-state index is -3.59. The topological polar surface area (TPSA) is 121 Å². The SMILES string of the molecule is Cc1ccc(S(=O)(=O)NCCc2nnc(NC(=O)C3CC(=O)N(C(C)(C)C)C3)s2)cc1. The Bertz CT molecular complexity index is 1060. The number of hydrogen-bond donors (Lipinski definition) is 2. The predicted octanol–water partition coefficient (Wildman–Crippen LogP) is 1.95. The molecule has 9 nitrogen and oxygen atoms in total. The summed E-state index contributed by atoms with van der Waals surface area (Å²) in [5.74, 6) is -0.727. The number of aromatic nitrogens is 2. The number of likely N-dealkylation sites (tertiary alicyclic amines) is 1. The van der Waals surface area contributed by atoms with Gasteiger partial charge in [0.05, 0.1) is 10.8 Å². The minimum Gasteiger partial charge on any atom is -0.337 e. The monoisotopic (exact) mass is 465 g/mol. The number of aryl methyl sites for hydroxylation is 1. The van der Waals surface area contributed by atoms with Crippen LogP contribution in [0.25, 0.3) is 0 Å². The molecule has 0 bridgehead atoms. The van der Waals surface area contributed by atoms with Gasteiger partial charge in [0.1, 0.15) is 5.01 Å². The Morgan fingerprint density at radius 3 is 2.52 bits per heavy atom. The first-order valence-corrected chi connectivity index (χ1v) is 12.3. The van der Waals surface area contributed by atoms with E-state index in [4.69, 9.17) is 0 Å². The van der Waals surface area contributed by atoms with E-state index in [1.54, 1.807) is 29.2 Å². The van der Waals surface area contributed by atoms with Crippen molar-refractivity contribution >= 4 is 38.3 Å². The van der Waals surface area contributed by atoms with Crippen molar-refractivity contribution in [3.05, 3.63) is 34.8 Å². The van der Waals surface area contributed by atoms with Crippen LogP contribution in [-0.2, 0) is 26.0 Å². The lowest BCUT2D eigenvalue weighted by Crippen LogP contribution is -2.42. The Morgan fingerprint density at radius 1 is 1.23 bits per heavy atom. The minimum absolute atomic E-state index is 0.0357. The van der Waals surface area contributed by atoms with E-state index >= 15 is 0 Å². The number of carbonyl (C=O) groups excluding carboxylic acids is 2. The number of anilines is 1. The summed E-state index contributed by atoms with van der Waals surface area (Å²) in [5.41, 5.74) is 0.656. The van der Waals surface area contributed by atoms with Gasteiger partial charge in [-0.05, 0) is 39.8 Å². The molecule has 1 fully saturated rings. The second kappa shape index (κ2) is 9.01. The fourth-order valence-corrected chi connectivity index (χ4v) is 5.01. The molecule has 2 heterocycles. The van der Waals surface area contributed by atoms with E-state index in [0.717, 1.165) is 5.56 Å². The lowest BCUT2D eigenvalue weighted by molar-refractivity contribution is -0.131. The lowest BCUT2D eigenvalue weighted by atomic mass is 10.1. The molecule has 1 atom stereocenters. The van der Waals surface area contributed by atoms with Crippen molar-refractivity contribution in [2.75, 3.05) is 18.4 Å². The van der Waals surface area contributed by atoms with Gasteiger partial charge in [-0.25, -0.2) is 13.1 Å². The number of amides is 2. The molecule has 168 valence electrons. The molecule has 0 spiro atoms. The molecule has 3 rings (SSSR count). The van der Waals surface area contributed by atoms with E-state index in [2.05, 4.69) is 20.2 Å². The molecule has 2 amide bonds. The smallest absolute Gasteiger partial charge is 0.240 e. The summed E-state index contributed by atoms with van der Waals surface area (Å²) in [6.07, 6.45) is 0.522. The van der Waals surface area contributed by atoms with Crippen molar-refractivity contribution in [2.24, 2.45) is 5.92 Å². The number of nitrogens with one attached hydrogen (secondary N) is 2. The van der Waals surface area contributed by atoms with Crippen LogP contribution in [-0.4, -0.2) is 54.0 Å². The van der Waals surface area contributed by atoms with E-state index in [9.17, 15) is 18.0 Å². The number of benzene rings is 1. The molecule has 1 unspecified atom stereocenters. The van der Waals surface area contributed by atoms with E-state index in [1.165, 1.54) is 11.3 Å². The molecule has 1 aromatic heterocycles. The molecule has 31 heavy (non-hydrogen) atoms. The molecule has 1 aliphatic rings. The average molecular weight is 466 g/mol. The zero-order valence-corrected chi connectivity index (χ0v) is 19.6. The second-order valence-electron chi connectivity index (χ2n) is 8.53. The fraction of sp³-hybridized carbons (Fsp3) is 0.500. The number of carbonyl (C=O) groups is 2. The third kappa shape index (κ3) is 5.86. The second-order valence-corrected chi connectivity index (χ2v) is 11.4. The summed E-state index contributed by atoms with van der Waals surface area (Å²) in [7, 11) is -3.59. The van der Waals surface area contributed by atoms with Crippen molar-refractivity contribution in [2.45, 2.75) is 51.0 Å². The van der Waals surface area contributed by atoms with Crippen LogP contribution in [0.15, 0.2) is 29.2 Å². The van der Waals surface area contributed by atoms with Gasteiger partial charge in [-0.1, -0.05) is 29.0 Å². The van der Waals surface area contributed by atoms with Gasteiger partial charge < -0.3 is 10.2 Å². The van der Waals surface area contributed by atoms with Crippen LogP contribution in [0.4, 0.5) is 5.13 Å². The molecule has 1 aromatic carbocycles. The molecular weight excluding hydrogens is 438 g/mol. The summed E-state index contributed by atoms with van der Waals surface area (Å²) in [6, 6.07) is 6.61. The molecule has 11 heteroatoms. The number of rotatable bonds is 7. The Morgan fingerprint density at radius 2 is 1.90 bits per heavy atom. The Balaban J connectivity index is 1.51. The van der Waals surface area contributed by atoms with Crippen LogP contribution in [0, 0.1) is 12.8 Å². The van der Waals surface area contributed by atoms with Gasteiger partial charge in [0.15, 0.2) is 0 Å². The Hall–Kier alpha value is -2.37. The number of hydrogen-bond acceptors (Lipinski definition) is 7. The van der Waals surface area contributed by atoms with E-state index < -0.39 is 15.9 Å². The zero-order chi connectivity index (χ0) is 22.8. The summed E-state index contributed by atoms with van der Waals surface area (Å²) >= 11 is 1.19. The van der Waals surface area contributed by atoms with Gasteiger partial charge in [-0.2, -0.15) is 0 Å². The molecule has 0 saturated carbocycles. The van der Waals surface area contributed by atoms with Crippen LogP contribution in [0.1, 0.15) is 37.8 Å². The maximum Gasteiger partial charge on any atom is 0.240 e. The van der Waals surface area contributed by atoms with Gasteiger partial charge in [-0.15, -0.1) is 10.2 Å². The van der Waals surface area contributed by atoms with Gasteiger partial charge in [0.25, 0.3) is 0 Å². The molecule has 2 N–H and O–H groups in total. The molecule has 1 aliphatic heterocycles. The molecule has 0 aliphatic carbocycles. The maximum absolute atomic E-state index is 12.5. The van der Waals surface area contributed by atoms with Crippen molar-refractivity contribution in [3.8, 4) is 0 Å². The summed E-state index contributed by atoms with van der Waals surface area (Å²) in [6.45, 7) is 8.25. The van der Waals surface area contributed by atoms with Crippen molar-refractivity contribution < 1.29 is 18.0 Å². The standard InChI is InChI=1S/C20H27N5O4S2/c1-13-5-7-15(8-6-13)31(28,29)21-10-9-16-23-24-19(30-16)22-18(27)14-11-17(26)25(12-14)20(2,3)4/h5-8,14,21H,9-12H2,1-4H3,(H,22,24,27). The third-order valence-corrected chi connectivity index (χ3v) is 7.34. The highest BCUT2D eigenvalue weighted by Gasteiger charge is 2.39. The Kier molecular flexibility index (Phi) is 6.77. The summed E-state index contributed by atoms with van der Waals surface area (Å²) in [4.78, 5) is 26.6. The van der Waals surface area contributed by atoms with Crippen LogP contribution < -0.4 is 10.0 Å². The molecular formula is C20H27N5O4S2. The zero-order valence-electron chi connectivity index (χ0n) is 18.0. The van der Waals surface area contributed by atoms with Crippen LogP contribution in [0.5, 0.6) is 0 Å². The quantitative estimate of drug-likeness (QED) is 0.645. The highest BCUT2D eigenvalue weighted by Crippen LogP contribution is 2.27. The summed E-state index contributed by atoms with van der Waals surface area (Å²) < 4.78 is 27.2. The highest BCUT2D eigenvalue weighted by atomic mass is 32.2. The van der Waals surface area contributed by atoms with Crippen LogP contribution in [0.2, 0.25) is 0 Å². The average Bonchev–Trinajstić information content (AvgIpc) is 3.28. The fourth-order valence-electron chi connectivity index (χ4n) is 3.24. The van der Waals surface area contributed by atoms with Gasteiger partial charge >= 0.3 is 0 Å². The first-order chi connectivity index (χ1) is 14.5. The van der Waals surface area contributed by atoms with Gasteiger partial charge in [-0.3, -0.25) is 9.59 Å². The van der Waals surface area contributed by atoms with E-state index in [-0.39, 0.29) is 35.2 Å². The van der Waals surface area contributed by atoms with Crippen molar-refractivity contribution in [1.29, 1.82) is 0 Å². The Labute approximate surface area is 186 Å². The highest BCUT2D eigenvalue weighted by molar-refractivity contribution is 7.89. The first-order valence-electron chi connectivity index (χ1n) is 9.96. The molecule has 2 aromatic rings. The predicted molar refractivity (Wildman–Crippen MR) is 118 cm³/mol.